The fourth-order valence-corrected chi connectivity index (χ4v) is 8.39. The first-order valence-corrected chi connectivity index (χ1v) is 15.3. The van der Waals surface area contributed by atoms with Crippen molar-refractivity contribution >= 4 is 56.3 Å². The van der Waals surface area contributed by atoms with Crippen LogP contribution in [-0.4, -0.2) is 59.6 Å². The van der Waals surface area contributed by atoms with Gasteiger partial charge in [-0.15, -0.1) is 11.3 Å². The van der Waals surface area contributed by atoms with Crippen molar-refractivity contribution in [1.82, 2.24) is 4.31 Å². The van der Waals surface area contributed by atoms with Crippen LogP contribution in [0.15, 0.2) is 42.5 Å². The third kappa shape index (κ3) is 6.75. The van der Waals surface area contributed by atoms with Gasteiger partial charge in [0.2, 0.25) is 10.0 Å². The van der Waals surface area contributed by atoms with Gasteiger partial charge in [-0.3, -0.25) is 0 Å². The molecule has 1 atom stereocenters. The molecule has 0 unspecified atom stereocenters. The molecule has 0 bridgehead atoms. The number of sulfonamides is 1. The molecule has 0 aliphatic carbocycles. The predicted octanol–water partition coefficient (Wildman–Crippen LogP) is 5.14. The maximum atomic E-state index is 15.8. The van der Waals surface area contributed by atoms with Crippen LogP contribution in [0.3, 0.4) is 0 Å². The number of nitrogen functional groups attached to an aromatic ring is 1. The Kier molecular flexibility index (Phi) is 8.83. The molecule has 5 N–H and O–H groups in total. The van der Waals surface area contributed by atoms with Gasteiger partial charge in [-0.1, -0.05) is 35.9 Å². The zero-order chi connectivity index (χ0) is 30.1. The molecule has 220 valence electrons. The van der Waals surface area contributed by atoms with Crippen molar-refractivity contribution < 1.29 is 37.3 Å². The molecule has 4 rings (SSSR count). The van der Waals surface area contributed by atoms with E-state index >= 15 is 4.39 Å². The summed E-state index contributed by atoms with van der Waals surface area (Å²) in [5.74, 6) is -3.93. The van der Waals surface area contributed by atoms with Gasteiger partial charge < -0.3 is 26.0 Å². The van der Waals surface area contributed by atoms with E-state index in [1.165, 1.54) is 16.4 Å². The number of nitrogens with zero attached hydrogens (tertiary/aromatic N) is 1. The molecule has 1 fully saturated rings. The molecule has 2 aromatic carbocycles. The summed E-state index contributed by atoms with van der Waals surface area (Å²) in [7, 11) is -3.67. The first-order chi connectivity index (χ1) is 19.2. The molecule has 2 heterocycles. The van der Waals surface area contributed by atoms with E-state index in [1.807, 2.05) is 13.8 Å². The summed E-state index contributed by atoms with van der Waals surface area (Å²) in [5.41, 5.74) is 6.26. The van der Waals surface area contributed by atoms with Crippen LogP contribution >= 0.6 is 22.9 Å². The van der Waals surface area contributed by atoms with Crippen LogP contribution in [0.2, 0.25) is 5.02 Å². The lowest BCUT2D eigenvalue weighted by atomic mass is 9.89. The second-order valence-electron chi connectivity index (χ2n) is 10.3. The number of nitrogens with two attached hydrogens (primary N) is 1. The minimum atomic E-state index is -3.67. The number of benzene rings is 2. The second-order valence-corrected chi connectivity index (χ2v) is 13.6. The van der Waals surface area contributed by atoms with Crippen molar-refractivity contribution in [3.8, 4) is 16.2 Å². The molecule has 10 nitrogen and oxygen atoms in total. The molecule has 0 saturated carbocycles. The monoisotopic (exact) mass is 625 g/mol. The lowest BCUT2D eigenvalue weighted by Crippen LogP contribution is -2.55. The van der Waals surface area contributed by atoms with Crippen molar-refractivity contribution in [1.29, 1.82) is 0 Å². The van der Waals surface area contributed by atoms with Crippen molar-refractivity contribution in [3.05, 3.63) is 63.7 Å². The van der Waals surface area contributed by atoms with E-state index < -0.39 is 39.9 Å². The number of hydrogen-bond acceptors (Lipinski definition) is 8. The van der Waals surface area contributed by atoms with Gasteiger partial charge >= 0.3 is 11.9 Å². The number of carboxylic acid groups (broad SMARTS) is 2. The zero-order valence-corrected chi connectivity index (χ0v) is 24.6. The van der Waals surface area contributed by atoms with Crippen LogP contribution in [0.1, 0.15) is 41.9 Å². The Bertz CT molecular complexity index is 1590. The highest BCUT2D eigenvalue weighted by molar-refractivity contribution is 7.88. The molecule has 0 amide bonds. The number of rotatable bonds is 10. The van der Waals surface area contributed by atoms with Gasteiger partial charge in [-0.05, 0) is 50.5 Å². The number of ether oxygens (including phenoxy) is 1. The fraction of sp³-hybridized carbons (Fsp3) is 0.333. The van der Waals surface area contributed by atoms with Crippen LogP contribution in [0, 0.1) is 5.82 Å². The average Bonchev–Trinajstić information content (AvgIpc) is 3.19. The van der Waals surface area contributed by atoms with Gasteiger partial charge in [-0.2, -0.15) is 4.31 Å². The molecule has 0 radical (unpaired) electrons. The molecule has 41 heavy (non-hydrogen) atoms. The second kappa shape index (κ2) is 11.8. The van der Waals surface area contributed by atoms with Gasteiger partial charge in [0, 0.05) is 29.4 Å². The zero-order valence-electron chi connectivity index (χ0n) is 22.2. The number of nitrogens with one attached hydrogen (secondary N) is 1. The first kappa shape index (κ1) is 30.6. The quantitative estimate of drug-likeness (QED) is 0.224. The third-order valence-corrected chi connectivity index (χ3v) is 10.4. The van der Waals surface area contributed by atoms with Crippen molar-refractivity contribution in [3.63, 3.8) is 0 Å². The summed E-state index contributed by atoms with van der Waals surface area (Å²) in [6.07, 6.45) is 0.808. The van der Waals surface area contributed by atoms with Crippen molar-refractivity contribution in [2.75, 3.05) is 24.2 Å². The van der Waals surface area contributed by atoms with Gasteiger partial charge in [-0.25, -0.2) is 22.4 Å². The summed E-state index contributed by atoms with van der Waals surface area (Å²) >= 11 is 7.02. The molecule has 14 heteroatoms. The van der Waals surface area contributed by atoms with E-state index in [0.717, 1.165) is 0 Å². The summed E-state index contributed by atoms with van der Waals surface area (Å²) < 4.78 is 48.9. The smallest absolute Gasteiger partial charge is 0.349 e. The van der Waals surface area contributed by atoms with E-state index in [0.29, 0.717) is 35.4 Å². The highest BCUT2D eigenvalue weighted by Gasteiger charge is 2.41. The van der Waals surface area contributed by atoms with E-state index in [1.54, 1.807) is 30.3 Å². The molecule has 1 aliphatic heterocycles. The number of thiophene rings is 1. The van der Waals surface area contributed by atoms with Gasteiger partial charge in [0.1, 0.15) is 5.02 Å². The topological polar surface area (TPSA) is 159 Å². The van der Waals surface area contributed by atoms with Crippen LogP contribution in [0.4, 0.5) is 15.8 Å². The Labute approximate surface area is 245 Å². The van der Waals surface area contributed by atoms with Gasteiger partial charge in [0.25, 0.3) is 0 Å². The first-order valence-electron chi connectivity index (χ1n) is 12.5. The standard InChI is InChI=1S/C27H29ClFN3O7S2/c1-27(2)12-17(9-10-32(27)41(37,38)14-15-5-3-6-16(30)11-15)31-19-8-4-7-18(22(19)29)24-21(28)23(39-13-20(33)34)25(40-24)26(35)36/h3-8,11,17,31H,9-10,12-14,30H2,1-2H3,(H,33,34)(H,35,36)/t17-/m0/s1. The van der Waals surface area contributed by atoms with Crippen molar-refractivity contribution in [2.45, 2.75) is 44.0 Å². The summed E-state index contributed by atoms with van der Waals surface area (Å²) in [4.78, 5) is 22.4. The van der Waals surface area contributed by atoms with E-state index in [4.69, 9.17) is 27.2 Å². The Morgan fingerprint density at radius 1 is 1.24 bits per heavy atom. The molecule has 3 aromatic rings. The number of carboxylic acids is 2. The van der Waals surface area contributed by atoms with Crippen LogP contribution in [0.5, 0.6) is 5.75 Å². The lowest BCUT2D eigenvalue weighted by molar-refractivity contribution is -0.139. The number of anilines is 2. The maximum absolute atomic E-state index is 15.8. The number of hydrogen-bond donors (Lipinski definition) is 4. The Morgan fingerprint density at radius 3 is 2.59 bits per heavy atom. The number of aliphatic carboxylic acids is 1. The summed E-state index contributed by atoms with van der Waals surface area (Å²) in [5, 5.41) is 21.4. The highest BCUT2D eigenvalue weighted by atomic mass is 35.5. The maximum Gasteiger partial charge on any atom is 0.349 e. The molecule has 1 saturated heterocycles. The normalized spacial score (nSPS) is 17.2. The molecular weight excluding hydrogens is 597 g/mol. The summed E-state index contributed by atoms with van der Waals surface area (Å²) in [6.45, 7) is 3.05. The van der Waals surface area contributed by atoms with Crippen LogP contribution in [-0.2, 0) is 20.6 Å². The highest BCUT2D eigenvalue weighted by Crippen LogP contribution is 2.47. The lowest BCUT2D eigenvalue weighted by Gasteiger charge is -2.45. The van der Waals surface area contributed by atoms with E-state index in [-0.39, 0.29) is 50.1 Å². The molecule has 1 aromatic heterocycles. The minimum absolute atomic E-state index is 0.0130. The Morgan fingerprint density at radius 2 is 1.95 bits per heavy atom. The van der Waals surface area contributed by atoms with E-state index in [2.05, 4.69) is 5.32 Å². The van der Waals surface area contributed by atoms with Gasteiger partial charge in [0.05, 0.1) is 16.3 Å². The van der Waals surface area contributed by atoms with E-state index in [9.17, 15) is 23.1 Å². The minimum Gasteiger partial charge on any atom is -0.479 e. The number of aromatic carboxylic acids is 1. The predicted molar refractivity (Wildman–Crippen MR) is 156 cm³/mol. The molecular formula is C27H29ClFN3O7S2. The molecule has 1 aliphatic rings. The van der Waals surface area contributed by atoms with Gasteiger partial charge in [0.15, 0.2) is 23.1 Å². The SMILES string of the molecule is CC1(C)C[C@@H](Nc2cccc(-c3sc(C(=O)O)c(OCC(=O)O)c3Cl)c2F)CCN1S(=O)(=O)Cc1cccc(N)c1. The summed E-state index contributed by atoms with van der Waals surface area (Å²) in [6, 6.07) is 11.0. The largest absolute Gasteiger partial charge is 0.479 e. The third-order valence-electron chi connectivity index (χ3n) is 6.68. The average molecular weight is 626 g/mol. The number of halogens is 2. The Hall–Kier alpha value is -3.39. The van der Waals surface area contributed by atoms with Crippen LogP contribution < -0.4 is 15.8 Å². The Balaban J connectivity index is 1.54. The molecule has 0 spiro atoms. The number of carbonyl (C=O) groups is 2. The fourth-order valence-electron chi connectivity index (χ4n) is 5.00. The van der Waals surface area contributed by atoms with Crippen LogP contribution in [0.25, 0.3) is 10.4 Å². The number of piperidine rings is 1. The van der Waals surface area contributed by atoms with Crippen molar-refractivity contribution in [2.24, 2.45) is 0 Å².